The number of aromatic nitrogens is 2. The Morgan fingerprint density at radius 2 is 1.91 bits per heavy atom. The predicted molar refractivity (Wildman–Crippen MR) is 110 cm³/mol. The third kappa shape index (κ3) is 4.67. The summed E-state index contributed by atoms with van der Waals surface area (Å²) in [6, 6.07) is 12.4. The highest BCUT2D eigenvalue weighted by Gasteiger charge is 2.31. The summed E-state index contributed by atoms with van der Waals surface area (Å²) >= 11 is 0. The molecule has 32 heavy (non-hydrogen) atoms. The maximum atomic E-state index is 12.2. The summed E-state index contributed by atoms with van der Waals surface area (Å²) in [5, 5.41) is 22.5. The molecule has 0 aliphatic carbocycles. The van der Waals surface area contributed by atoms with Crippen molar-refractivity contribution in [1.82, 2.24) is 15.6 Å². The van der Waals surface area contributed by atoms with Crippen molar-refractivity contribution >= 4 is 23.3 Å². The van der Waals surface area contributed by atoms with Gasteiger partial charge in [-0.1, -0.05) is 24.3 Å². The van der Waals surface area contributed by atoms with Gasteiger partial charge in [0.15, 0.2) is 0 Å². The highest BCUT2D eigenvalue weighted by atomic mass is 16.6. The number of nitro benzene ring substituents is 1. The van der Waals surface area contributed by atoms with Gasteiger partial charge in [0, 0.05) is 25.5 Å². The molecule has 0 fully saturated rings. The van der Waals surface area contributed by atoms with Crippen LogP contribution in [0.5, 0.6) is 5.75 Å². The Hall–Kier alpha value is -4.41. The second-order valence-electron chi connectivity index (χ2n) is 7.05. The van der Waals surface area contributed by atoms with Gasteiger partial charge in [0.25, 0.3) is 11.6 Å². The lowest BCUT2D eigenvalue weighted by molar-refractivity contribution is -0.384. The van der Waals surface area contributed by atoms with Gasteiger partial charge in [-0.05, 0) is 23.3 Å². The Labute approximate surface area is 181 Å². The van der Waals surface area contributed by atoms with Crippen molar-refractivity contribution < 1.29 is 23.7 Å². The molecule has 2 heterocycles. The molecule has 11 nitrogen and oxygen atoms in total. The summed E-state index contributed by atoms with van der Waals surface area (Å²) in [6.45, 7) is 1.65. The average molecular weight is 435 g/mol. The Morgan fingerprint density at radius 3 is 2.53 bits per heavy atom. The number of nitro groups is 1. The molecule has 4 rings (SSSR count). The fourth-order valence-corrected chi connectivity index (χ4v) is 3.15. The van der Waals surface area contributed by atoms with Crippen LogP contribution in [-0.4, -0.2) is 32.7 Å². The van der Waals surface area contributed by atoms with Gasteiger partial charge in [-0.3, -0.25) is 19.7 Å². The first kappa shape index (κ1) is 20.8. The minimum atomic E-state index is -0.625. The number of aryl methyl sites for hydroxylation is 1. The van der Waals surface area contributed by atoms with Crippen LogP contribution in [0.2, 0.25) is 0 Å². The van der Waals surface area contributed by atoms with Gasteiger partial charge in [0.1, 0.15) is 11.7 Å². The number of esters is 1. The number of hydrogen-bond donors (Lipinski definition) is 1. The number of hydrazone groups is 1. The van der Waals surface area contributed by atoms with Crippen molar-refractivity contribution in [1.29, 1.82) is 0 Å². The summed E-state index contributed by atoms with van der Waals surface area (Å²) < 4.78 is 10.6. The van der Waals surface area contributed by atoms with Gasteiger partial charge >= 0.3 is 5.97 Å². The molecule has 0 bridgehead atoms. The van der Waals surface area contributed by atoms with E-state index in [1.54, 1.807) is 31.2 Å². The molecule has 1 atom stereocenters. The van der Waals surface area contributed by atoms with Crippen molar-refractivity contribution in [3.8, 4) is 5.75 Å². The maximum Gasteiger partial charge on any atom is 0.315 e. The Bertz CT molecular complexity index is 1200. The molecule has 1 aliphatic heterocycles. The quantitative estimate of drug-likeness (QED) is 0.268. The lowest BCUT2D eigenvalue weighted by Gasteiger charge is -2.18. The number of ether oxygens (including phenoxy) is 1. The molecule has 1 unspecified atom stereocenters. The number of nitrogens with zero attached hydrogens (tertiary/aromatic N) is 4. The highest BCUT2D eigenvalue weighted by molar-refractivity contribution is 6.06. The molecular weight excluding hydrogens is 418 g/mol. The van der Waals surface area contributed by atoms with E-state index in [2.05, 4.69) is 20.7 Å². The van der Waals surface area contributed by atoms with Crippen LogP contribution in [0, 0.1) is 17.0 Å². The normalized spacial score (nSPS) is 15.6. The molecule has 0 radical (unpaired) electrons. The van der Waals surface area contributed by atoms with Crippen molar-refractivity contribution in [2.75, 3.05) is 0 Å². The molecule has 0 spiro atoms. The summed E-state index contributed by atoms with van der Waals surface area (Å²) in [5.41, 5.74) is 4.53. The third-order valence-corrected chi connectivity index (χ3v) is 4.77. The molecule has 0 saturated carbocycles. The largest absolute Gasteiger partial charge is 0.426 e. The first-order valence-electron chi connectivity index (χ1n) is 9.60. The molecule has 162 valence electrons. The number of amides is 1. The zero-order valence-electron chi connectivity index (χ0n) is 16.8. The van der Waals surface area contributed by atoms with Gasteiger partial charge in [-0.15, -0.1) is 10.2 Å². The van der Waals surface area contributed by atoms with Crippen molar-refractivity contribution in [2.24, 2.45) is 5.10 Å². The van der Waals surface area contributed by atoms with Crippen molar-refractivity contribution in [3.05, 3.63) is 81.6 Å². The maximum absolute atomic E-state index is 12.2. The smallest absolute Gasteiger partial charge is 0.315 e. The molecule has 11 heteroatoms. The SMILES string of the molecule is Cc1nnc(C2CC(c3ccc(CC(=O)Oc4ccc([N+](=O)[O-])cc4)cc3)=NNC2=O)o1. The van der Waals surface area contributed by atoms with E-state index in [4.69, 9.17) is 9.15 Å². The summed E-state index contributed by atoms with van der Waals surface area (Å²) in [4.78, 5) is 34.5. The second kappa shape index (κ2) is 8.76. The zero-order chi connectivity index (χ0) is 22.7. The first-order valence-corrected chi connectivity index (χ1v) is 9.60. The molecular formula is C21H17N5O6. The lowest BCUT2D eigenvalue weighted by atomic mass is 9.95. The standard InChI is InChI=1S/C21H17N5O6/c1-12-22-25-21(31-12)17-11-18(23-24-20(17)28)14-4-2-13(3-5-14)10-19(27)32-16-8-6-15(7-9-16)26(29)30/h2-9,17H,10-11H2,1H3,(H,24,28). The monoisotopic (exact) mass is 435 g/mol. The number of nitrogens with one attached hydrogen (secondary N) is 1. The number of benzene rings is 2. The first-order chi connectivity index (χ1) is 15.4. The fraction of sp³-hybridized carbons (Fsp3) is 0.190. The van der Waals surface area contributed by atoms with Gasteiger partial charge < -0.3 is 9.15 Å². The summed E-state index contributed by atoms with van der Waals surface area (Å²) in [5.74, 6) is -0.601. The number of carbonyl (C=O) groups is 2. The van der Waals surface area contributed by atoms with Crippen LogP contribution >= 0.6 is 0 Å². The van der Waals surface area contributed by atoms with E-state index in [0.717, 1.165) is 5.56 Å². The van der Waals surface area contributed by atoms with Crippen LogP contribution in [0.15, 0.2) is 58.0 Å². The minimum absolute atomic E-state index is 0.0182. The molecule has 1 aliphatic rings. The van der Waals surface area contributed by atoms with Crippen molar-refractivity contribution in [2.45, 2.75) is 25.7 Å². The number of carbonyl (C=O) groups excluding carboxylic acids is 2. The van der Waals surface area contributed by atoms with E-state index in [1.807, 2.05) is 0 Å². The molecule has 3 aromatic rings. The van der Waals surface area contributed by atoms with E-state index in [1.165, 1.54) is 24.3 Å². The molecule has 1 N–H and O–H groups in total. The Balaban J connectivity index is 1.39. The molecule has 2 aromatic carbocycles. The van der Waals surface area contributed by atoms with Gasteiger partial charge in [-0.2, -0.15) is 5.10 Å². The van der Waals surface area contributed by atoms with E-state index >= 15 is 0 Å². The number of non-ortho nitro benzene ring substituents is 1. The summed E-state index contributed by atoms with van der Waals surface area (Å²) in [7, 11) is 0. The van der Waals surface area contributed by atoms with Crippen LogP contribution in [0.1, 0.15) is 35.2 Å². The highest BCUT2D eigenvalue weighted by Crippen LogP contribution is 2.25. The second-order valence-corrected chi connectivity index (χ2v) is 7.05. The Morgan fingerprint density at radius 1 is 1.19 bits per heavy atom. The van der Waals surface area contributed by atoms with Crippen molar-refractivity contribution in [3.63, 3.8) is 0 Å². The molecule has 0 saturated heterocycles. The topological polar surface area (TPSA) is 150 Å². The van der Waals surface area contributed by atoms with Crippen LogP contribution in [-0.2, 0) is 16.0 Å². The molecule has 1 aromatic heterocycles. The number of hydrogen-bond acceptors (Lipinski definition) is 9. The van der Waals surface area contributed by atoms with E-state index in [9.17, 15) is 19.7 Å². The van der Waals surface area contributed by atoms with Gasteiger partial charge in [0.2, 0.25) is 11.8 Å². The van der Waals surface area contributed by atoms with E-state index in [-0.39, 0.29) is 29.7 Å². The van der Waals surface area contributed by atoms with Gasteiger partial charge in [-0.25, -0.2) is 5.43 Å². The van der Waals surface area contributed by atoms with Crippen LogP contribution in [0.25, 0.3) is 0 Å². The molecule has 1 amide bonds. The fourth-order valence-electron chi connectivity index (χ4n) is 3.15. The van der Waals surface area contributed by atoms with Crippen LogP contribution < -0.4 is 10.2 Å². The van der Waals surface area contributed by atoms with Crippen LogP contribution in [0.4, 0.5) is 5.69 Å². The van der Waals surface area contributed by atoms with E-state index in [0.29, 0.717) is 23.6 Å². The van der Waals surface area contributed by atoms with E-state index < -0.39 is 16.8 Å². The summed E-state index contributed by atoms with van der Waals surface area (Å²) in [6.07, 6.45) is 0.319. The van der Waals surface area contributed by atoms with Gasteiger partial charge in [0.05, 0.1) is 17.1 Å². The zero-order valence-corrected chi connectivity index (χ0v) is 16.8. The lowest BCUT2D eigenvalue weighted by Crippen LogP contribution is -2.33. The third-order valence-electron chi connectivity index (χ3n) is 4.77. The minimum Gasteiger partial charge on any atom is -0.426 e. The Kier molecular flexibility index (Phi) is 5.71. The predicted octanol–water partition coefficient (Wildman–Crippen LogP) is 2.44. The van der Waals surface area contributed by atoms with Crippen LogP contribution in [0.3, 0.4) is 0 Å². The number of rotatable bonds is 6. The average Bonchev–Trinajstić information content (AvgIpc) is 3.21.